The van der Waals surface area contributed by atoms with Crippen LogP contribution in [0.2, 0.25) is 6.32 Å². The van der Waals surface area contributed by atoms with Gasteiger partial charge in [-0.25, -0.2) is 0 Å². The Hall–Kier alpha value is -0.825. The van der Waals surface area contributed by atoms with Crippen LogP contribution in [-0.4, -0.2) is 51.8 Å². The normalized spacial score (nSPS) is 19.1. The third kappa shape index (κ3) is 7.06. The summed E-state index contributed by atoms with van der Waals surface area (Å²) in [5, 5.41) is 27.4. The molecule has 0 aromatic heterocycles. The minimum Gasteiger partial charge on any atom is -0.480 e. The van der Waals surface area contributed by atoms with E-state index in [2.05, 4.69) is 17.0 Å². The van der Waals surface area contributed by atoms with Crippen LogP contribution < -0.4 is 5.73 Å². The van der Waals surface area contributed by atoms with Crippen molar-refractivity contribution in [2.45, 2.75) is 44.1 Å². The molecule has 1 aromatic rings. The maximum Gasteiger partial charge on any atom is 0.451 e. The highest BCUT2D eigenvalue weighted by Crippen LogP contribution is 2.31. The van der Waals surface area contributed by atoms with Gasteiger partial charge in [-0.1, -0.05) is 43.2 Å². The Morgan fingerprint density at radius 1 is 1.23 bits per heavy atom. The molecule has 26 heavy (non-hydrogen) atoms. The fourth-order valence-electron chi connectivity index (χ4n) is 3.47. The molecule has 9 heteroatoms. The molecule has 0 bridgehead atoms. The van der Waals surface area contributed by atoms with Gasteiger partial charge >= 0.3 is 13.1 Å². The Labute approximate surface area is 167 Å². The molecule has 0 radical (unpaired) electrons. The first-order valence-electron chi connectivity index (χ1n) is 8.56. The highest BCUT2D eigenvalue weighted by Gasteiger charge is 2.44. The summed E-state index contributed by atoms with van der Waals surface area (Å²) < 4.78 is 0. The summed E-state index contributed by atoms with van der Waals surface area (Å²) in [5.41, 5.74) is 6.24. The largest absolute Gasteiger partial charge is 0.480 e. The lowest BCUT2D eigenvalue weighted by molar-refractivity contribution is -0.145. The molecule has 5 N–H and O–H groups in total. The molecule has 0 saturated carbocycles. The van der Waals surface area contributed by atoms with E-state index in [9.17, 15) is 9.90 Å². The van der Waals surface area contributed by atoms with Crippen molar-refractivity contribution in [3.63, 3.8) is 0 Å². The topological polar surface area (TPSA) is 107 Å². The highest BCUT2D eigenvalue weighted by atomic mass is 35.5. The van der Waals surface area contributed by atoms with Crippen LogP contribution in [0.4, 0.5) is 0 Å². The summed E-state index contributed by atoms with van der Waals surface area (Å²) in [6.07, 6.45) is 2.53. The van der Waals surface area contributed by atoms with Crippen LogP contribution in [-0.2, 0) is 11.3 Å². The zero-order chi connectivity index (χ0) is 17.6. The number of unbranched alkanes of at least 4 members (excludes halogenated alkanes) is 1. The number of rotatable bonds is 9. The Morgan fingerprint density at radius 3 is 2.46 bits per heavy atom. The van der Waals surface area contributed by atoms with E-state index in [1.807, 2.05) is 18.2 Å². The van der Waals surface area contributed by atoms with Gasteiger partial charge in [0.1, 0.15) is 5.54 Å². The molecule has 1 unspecified atom stereocenters. The summed E-state index contributed by atoms with van der Waals surface area (Å²) in [7, 11) is -1.34. The van der Waals surface area contributed by atoms with Gasteiger partial charge in [-0.15, -0.1) is 24.8 Å². The SMILES string of the molecule is Cl.Cl.NC(CCCCB(O)O)(C(=O)O)[C@H]1CCN(Cc2ccccc2)C1. The first-order chi connectivity index (χ1) is 11.4. The molecule has 1 aliphatic rings. The lowest BCUT2D eigenvalue weighted by Gasteiger charge is -2.31. The minimum atomic E-state index is -1.34. The quantitative estimate of drug-likeness (QED) is 0.367. The fourth-order valence-corrected chi connectivity index (χ4v) is 3.47. The van der Waals surface area contributed by atoms with Gasteiger partial charge in [-0.05, 0) is 31.3 Å². The van der Waals surface area contributed by atoms with Gasteiger partial charge in [0.05, 0.1) is 0 Å². The number of benzene rings is 1. The summed E-state index contributed by atoms with van der Waals surface area (Å²) >= 11 is 0. The van der Waals surface area contributed by atoms with Crippen LogP contribution in [0.5, 0.6) is 0 Å². The highest BCUT2D eigenvalue weighted by molar-refractivity contribution is 6.40. The molecule has 6 nitrogen and oxygen atoms in total. The predicted molar refractivity (Wildman–Crippen MR) is 108 cm³/mol. The first-order valence-corrected chi connectivity index (χ1v) is 8.56. The average Bonchev–Trinajstić information content (AvgIpc) is 3.01. The number of hydrogen-bond donors (Lipinski definition) is 4. The van der Waals surface area contributed by atoms with Gasteiger partial charge in [0.15, 0.2) is 0 Å². The Balaban J connectivity index is 0.00000312. The second kappa shape index (κ2) is 11.8. The maximum atomic E-state index is 11.8. The van der Waals surface area contributed by atoms with Crippen molar-refractivity contribution in [3.8, 4) is 0 Å². The number of hydrogen-bond acceptors (Lipinski definition) is 5. The van der Waals surface area contributed by atoms with E-state index < -0.39 is 18.6 Å². The average molecular weight is 407 g/mol. The number of carbonyl (C=O) groups is 1. The second-order valence-corrected chi connectivity index (χ2v) is 6.78. The molecule has 1 aromatic carbocycles. The summed E-state index contributed by atoms with van der Waals surface area (Å²) in [5.74, 6) is -1.05. The second-order valence-electron chi connectivity index (χ2n) is 6.78. The third-order valence-corrected chi connectivity index (χ3v) is 4.95. The molecule has 148 valence electrons. The van der Waals surface area contributed by atoms with Crippen molar-refractivity contribution < 1.29 is 19.9 Å². The number of nitrogens with two attached hydrogens (primary N) is 1. The van der Waals surface area contributed by atoms with Crippen LogP contribution in [0, 0.1) is 5.92 Å². The minimum absolute atomic E-state index is 0. The predicted octanol–water partition coefficient (Wildman–Crippen LogP) is 1.78. The maximum absolute atomic E-state index is 11.8. The molecule has 1 heterocycles. The number of nitrogens with zero attached hydrogens (tertiary/aromatic N) is 1. The van der Waals surface area contributed by atoms with E-state index in [1.165, 1.54) is 5.56 Å². The van der Waals surface area contributed by atoms with Crippen LogP contribution in [0.15, 0.2) is 30.3 Å². The molecule has 1 fully saturated rings. The van der Waals surface area contributed by atoms with Gasteiger partial charge < -0.3 is 20.9 Å². The molecule has 1 aliphatic heterocycles. The van der Waals surface area contributed by atoms with Crippen LogP contribution >= 0.6 is 24.8 Å². The van der Waals surface area contributed by atoms with Gasteiger partial charge in [-0.2, -0.15) is 0 Å². The number of likely N-dealkylation sites (tertiary alicyclic amines) is 1. The standard InChI is InChI=1S/C17H27BN2O4.2ClH/c19-17(16(21)22,9-4-5-10-18(23)24)15-8-11-20(13-15)12-14-6-2-1-3-7-14;;/h1-3,6-7,15,23-24H,4-5,8-13,19H2,(H,21,22);2*1H/t15-,17?;;/m0../s1. The number of carboxylic acids is 1. The molecule has 2 atom stereocenters. The van der Waals surface area contributed by atoms with E-state index in [4.69, 9.17) is 15.8 Å². The van der Waals surface area contributed by atoms with Gasteiger partial charge in [0, 0.05) is 19.0 Å². The van der Waals surface area contributed by atoms with Crippen molar-refractivity contribution in [1.82, 2.24) is 4.90 Å². The van der Waals surface area contributed by atoms with E-state index in [-0.39, 0.29) is 37.1 Å². The van der Waals surface area contributed by atoms with Gasteiger partial charge in [0.25, 0.3) is 0 Å². The molecular weight excluding hydrogens is 378 g/mol. The van der Waals surface area contributed by atoms with Crippen molar-refractivity contribution in [1.29, 1.82) is 0 Å². The number of aliphatic carboxylic acids is 1. The fraction of sp³-hybridized carbons (Fsp3) is 0.588. The Bertz CT molecular complexity index is 539. The van der Waals surface area contributed by atoms with E-state index in [0.717, 1.165) is 19.5 Å². The summed E-state index contributed by atoms with van der Waals surface area (Å²) in [6.45, 7) is 2.34. The molecule has 2 rings (SSSR count). The van der Waals surface area contributed by atoms with Gasteiger partial charge in [0.2, 0.25) is 0 Å². The molecule has 0 aliphatic carbocycles. The zero-order valence-corrected chi connectivity index (χ0v) is 16.4. The number of halogens is 2. The Kier molecular flexibility index (Phi) is 11.4. The molecular formula is C17H29BCl2N2O4. The zero-order valence-electron chi connectivity index (χ0n) is 14.8. The molecule has 0 spiro atoms. The van der Waals surface area contributed by atoms with Crippen LogP contribution in [0.3, 0.4) is 0 Å². The third-order valence-electron chi connectivity index (χ3n) is 4.95. The Morgan fingerprint density at radius 2 is 1.88 bits per heavy atom. The van der Waals surface area contributed by atoms with E-state index in [1.54, 1.807) is 0 Å². The molecule has 1 saturated heterocycles. The first kappa shape index (κ1) is 25.2. The van der Waals surface area contributed by atoms with Crippen molar-refractivity contribution in [3.05, 3.63) is 35.9 Å². The lowest BCUT2D eigenvalue weighted by Crippen LogP contribution is -2.55. The smallest absolute Gasteiger partial charge is 0.451 e. The van der Waals surface area contributed by atoms with Crippen LogP contribution in [0.25, 0.3) is 0 Å². The van der Waals surface area contributed by atoms with Crippen LogP contribution in [0.1, 0.15) is 31.2 Å². The van der Waals surface area contributed by atoms with E-state index in [0.29, 0.717) is 25.8 Å². The van der Waals surface area contributed by atoms with Crippen molar-refractivity contribution >= 4 is 37.9 Å². The number of carboxylic acid groups (broad SMARTS) is 1. The van der Waals surface area contributed by atoms with Crippen molar-refractivity contribution in [2.75, 3.05) is 13.1 Å². The summed E-state index contributed by atoms with van der Waals surface area (Å²) in [4.78, 5) is 14.0. The lowest BCUT2D eigenvalue weighted by atomic mass is 9.77. The van der Waals surface area contributed by atoms with E-state index >= 15 is 0 Å². The molecule has 0 amide bonds. The summed E-state index contributed by atoms with van der Waals surface area (Å²) in [6, 6.07) is 10.1. The van der Waals surface area contributed by atoms with Gasteiger partial charge in [-0.3, -0.25) is 9.69 Å². The monoisotopic (exact) mass is 406 g/mol. The van der Waals surface area contributed by atoms with Crippen molar-refractivity contribution in [2.24, 2.45) is 11.7 Å².